The third-order valence-electron chi connectivity index (χ3n) is 3.88. The quantitative estimate of drug-likeness (QED) is 0.659. The van der Waals surface area contributed by atoms with E-state index in [1.54, 1.807) is 0 Å². The van der Waals surface area contributed by atoms with E-state index in [0.717, 1.165) is 12.6 Å². The van der Waals surface area contributed by atoms with E-state index in [2.05, 4.69) is 30.8 Å². The fraction of sp³-hybridized carbons (Fsp3) is 1.00. The first-order valence-electron chi connectivity index (χ1n) is 7.29. The maximum absolute atomic E-state index is 5.97. The minimum atomic E-state index is 0.619. The third-order valence-corrected chi connectivity index (χ3v) is 3.88. The van der Waals surface area contributed by atoms with E-state index in [1.165, 1.54) is 51.6 Å². The molecule has 0 saturated carbocycles. The Labute approximate surface area is 107 Å². The number of rotatable bonds is 8. The molecule has 0 radical (unpaired) electrons. The van der Waals surface area contributed by atoms with Crippen LogP contribution in [0.2, 0.25) is 0 Å². The number of nitrogens with zero attached hydrogens (tertiary/aromatic N) is 2. The number of unbranched alkanes of at least 4 members (excludes halogenated alkanes) is 2. The van der Waals surface area contributed by atoms with E-state index in [1.807, 2.05) is 0 Å². The van der Waals surface area contributed by atoms with Crippen molar-refractivity contribution in [3.8, 4) is 0 Å². The van der Waals surface area contributed by atoms with Crippen molar-refractivity contribution in [3.05, 3.63) is 0 Å². The van der Waals surface area contributed by atoms with Crippen LogP contribution in [0.25, 0.3) is 0 Å². The lowest BCUT2D eigenvalue weighted by Gasteiger charge is -2.33. The van der Waals surface area contributed by atoms with E-state index < -0.39 is 0 Å². The van der Waals surface area contributed by atoms with Crippen molar-refractivity contribution in [2.24, 2.45) is 5.73 Å². The number of likely N-dealkylation sites (tertiary alicyclic amines) is 1. The number of likely N-dealkylation sites (N-methyl/N-ethyl adjacent to an activating group) is 1. The highest BCUT2D eigenvalue weighted by Crippen LogP contribution is 2.22. The summed E-state index contributed by atoms with van der Waals surface area (Å²) in [5, 5.41) is 0. The van der Waals surface area contributed by atoms with Gasteiger partial charge in [-0.15, -0.1) is 0 Å². The molecule has 1 saturated heterocycles. The van der Waals surface area contributed by atoms with Crippen LogP contribution in [0.5, 0.6) is 0 Å². The van der Waals surface area contributed by atoms with E-state index in [-0.39, 0.29) is 0 Å². The van der Waals surface area contributed by atoms with Crippen LogP contribution in [0.3, 0.4) is 0 Å². The van der Waals surface area contributed by atoms with Gasteiger partial charge in [0.05, 0.1) is 0 Å². The molecule has 17 heavy (non-hydrogen) atoms. The van der Waals surface area contributed by atoms with Gasteiger partial charge in [-0.1, -0.05) is 26.2 Å². The Morgan fingerprint density at radius 3 is 2.71 bits per heavy atom. The second-order valence-electron chi connectivity index (χ2n) is 5.68. The monoisotopic (exact) mass is 241 g/mol. The molecule has 2 N–H and O–H groups in total. The zero-order valence-corrected chi connectivity index (χ0v) is 12.0. The summed E-state index contributed by atoms with van der Waals surface area (Å²) in [6, 6.07) is 1.36. The van der Waals surface area contributed by atoms with Gasteiger partial charge in [-0.05, 0) is 39.9 Å². The molecule has 102 valence electrons. The van der Waals surface area contributed by atoms with Crippen molar-refractivity contribution in [1.82, 2.24) is 9.80 Å². The normalized spacial score (nSPS) is 23.5. The van der Waals surface area contributed by atoms with Crippen LogP contribution in [0, 0.1) is 0 Å². The van der Waals surface area contributed by atoms with Crippen LogP contribution in [0.1, 0.15) is 45.4 Å². The first kappa shape index (κ1) is 14.9. The molecule has 2 atom stereocenters. The molecule has 2 unspecified atom stereocenters. The highest BCUT2D eigenvalue weighted by Gasteiger charge is 2.29. The minimum absolute atomic E-state index is 0.619. The van der Waals surface area contributed by atoms with Crippen molar-refractivity contribution < 1.29 is 0 Å². The van der Waals surface area contributed by atoms with Crippen LogP contribution in [0.15, 0.2) is 0 Å². The summed E-state index contributed by atoms with van der Waals surface area (Å²) in [5.74, 6) is 0. The standard InChI is InChI=1S/C14H31N3/c1-4-5-6-8-13(11-15)17-10-7-9-14(17)12-16(2)3/h13-14H,4-12,15H2,1-3H3. The summed E-state index contributed by atoms with van der Waals surface area (Å²) >= 11 is 0. The Balaban J connectivity index is 2.42. The van der Waals surface area contributed by atoms with Gasteiger partial charge >= 0.3 is 0 Å². The zero-order valence-electron chi connectivity index (χ0n) is 12.0. The summed E-state index contributed by atoms with van der Waals surface area (Å²) in [6.45, 7) is 5.53. The molecule has 0 amide bonds. The fourth-order valence-corrected chi connectivity index (χ4v) is 3.01. The molecule has 3 nitrogen and oxygen atoms in total. The molecule has 0 aromatic rings. The first-order chi connectivity index (χ1) is 8.19. The van der Waals surface area contributed by atoms with Crippen molar-refractivity contribution in [2.75, 3.05) is 33.7 Å². The molecule has 0 aromatic carbocycles. The summed E-state index contributed by atoms with van der Waals surface area (Å²) in [6.07, 6.45) is 7.98. The lowest BCUT2D eigenvalue weighted by atomic mass is 10.1. The molecule has 0 spiro atoms. The summed E-state index contributed by atoms with van der Waals surface area (Å²) < 4.78 is 0. The number of nitrogens with two attached hydrogens (primary N) is 1. The lowest BCUT2D eigenvalue weighted by molar-refractivity contribution is 0.147. The minimum Gasteiger partial charge on any atom is -0.329 e. The van der Waals surface area contributed by atoms with E-state index in [4.69, 9.17) is 5.73 Å². The predicted octanol–water partition coefficient (Wildman–Crippen LogP) is 1.92. The number of hydrogen-bond donors (Lipinski definition) is 1. The van der Waals surface area contributed by atoms with Gasteiger partial charge in [-0.25, -0.2) is 0 Å². The molecular formula is C14H31N3. The van der Waals surface area contributed by atoms with Gasteiger partial charge in [0.15, 0.2) is 0 Å². The Hall–Kier alpha value is -0.120. The largest absolute Gasteiger partial charge is 0.329 e. The van der Waals surface area contributed by atoms with Crippen molar-refractivity contribution >= 4 is 0 Å². The molecule has 1 rings (SSSR count). The summed E-state index contributed by atoms with van der Waals surface area (Å²) in [7, 11) is 4.34. The molecule has 1 aliphatic heterocycles. The van der Waals surface area contributed by atoms with Gasteiger partial charge in [0.1, 0.15) is 0 Å². The van der Waals surface area contributed by atoms with Crippen molar-refractivity contribution in [2.45, 2.75) is 57.5 Å². The predicted molar refractivity (Wildman–Crippen MR) is 75.3 cm³/mol. The Morgan fingerprint density at radius 2 is 2.12 bits per heavy atom. The highest BCUT2D eigenvalue weighted by molar-refractivity contribution is 4.86. The van der Waals surface area contributed by atoms with E-state index in [9.17, 15) is 0 Å². The Bertz CT molecular complexity index is 194. The van der Waals surface area contributed by atoms with Crippen molar-refractivity contribution in [3.63, 3.8) is 0 Å². The average molecular weight is 241 g/mol. The zero-order chi connectivity index (χ0) is 12.7. The second-order valence-corrected chi connectivity index (χ2v) is 5.68. The third kappa shape index (κ3) is 4.94. The molecule has 0 aliphatic carbocycles. The van der Waals surface area contributed by atoms with Crippen LogP contribution in [0.4, 0.5) is 0 Å². The van der Waals surface area contributed by atoms with Gasteiger partial charge in [-0.3, -0.25) is 4.90 Å². The summed E-state index contributed by atoms with van der Waals surface area (Å²) in [5.41, 5.74) is 5.97. The molecule has 0 aromatic heterocycles. The van der Waals surface area contributed by atoms with Crippen LogP contribution in [-0.2, 0) is 0 Å². The van der Waals surface area contributed by atoms with Gasteiger partial charge in [0, 0.05) is 25.2 Å². The maximum atomic E-state index is 5.97. The Kier molecular flexibility index (Phi) is 7.09. The van der Waals surface area contributed by atoms with Gasteiger partial charge < -0.3 is 10.6 Å². The van der Waals surface area contributed by atoms with E-state index in [0.29, 0.717) is 6.04 Å². The van der Waals surface area contributed by atoms with Gasteiger partial charge in [0.2, 0.25) is 0 Å². The van der Waals surface area contributed by atoms with Crippen LogP contribution in [-0.4, -0.2) is 55.6 Å². The Morgan fingerprint density at radius 1 is 1.35 bits per heavy atom. The topological polar surface area (TPSA) is 32.5 Å². The molecular weight excluding hydrogens is 210 g/mol. The van der Waals surface area contributed by atoms with Gasteiger partial charge in [-0.2, -0.15) is 0 Å². The fourth-order valence-electron chi connectivity index (χ4n) is 3.01. The van der Waals surface area contributed by atoms with Crippen LogP contribution >= 0.6 is 0 Å². The molecule has 1 heterocycles. The smallest absolute Gasteiger partial charge is 0.0226 e. The second kappa shape index (κ2) is 8.06. The average Bonchev–Trinajstić information content (AvgIpc) is 2.72. The SMILES string of the molecule is CCCCCC(CN)N1CCCC1CN(C)C. The summed E-state index contributed by atoms with van der Waals surface area (Å²) in [4.78, 5) is 4.98. The van der Waals surface area contributed by atoms with Crippen molar-refractivity contribution in [1.29, 1.82) is 0 Å². The molecule has 1 aliphatic rings. The highest BCUT2D eigenvalue weighted by atomic mass is 15.2. The molecule has 0 bridgehead atoms. The maximum Gasteiger partial charge on any atom is 0.0226 e. The van der Waals surface area contributed by atoms with Gasteiger partial charge in [0.25, 0.3) is 0 Å². The molecule has 3 heteroatoms. The van der Waals surface area contributed by atoms with Crippen LogP contribution < -0.4 is 5.73 Å². The first-order valence-corrected chi connectivity index (χ1v) is 7.29. The number of hydrogen-bond acceptors (Lipinski definition) is 3. The molecule has 1 fully saturated rings. The van der Waals surface area contributed by atoms with E-state index >= 15 is 0 Å². The lowest BCUT2D eigenvalue weighted by Crippen LogP contribution is -2.47.